The van der Waals surface area contributed by atoms with Gasteiger partial charge >= 0.3 is 0 Å². The van der Waals surface area contributed by atoms with E-state index in [9.17, 15) is 4.79 Å². The molecule has 4 rings (SSSR count). The van der Waals surface area contributed by atoms with Crippen LogP contribution in [-0.4, -0.2) is 28.0 Å². The molecule has 0 spiro atoms. The summed E-state index contributed by atoms with van der Waals surface area (Å²) < 4.78 is 16.2. The van der Waals surface area contributed by atoms with E-state index in [1.54, 1.807) is 5.48 Å². The molecule has 1 amide bonds. The fraction of sp³-hybridized carbons (Fsp3) is 0.526. The molecule has 0 unspecified atom stereocenters. The van der Waals surface area contributed by atoms with Gasteiger partial charge in [-0.3, -0.25) is 10.0 Å². The molecule has 2 heterocycles. The van der Waals surface area contributed by atoms with Crippen molar-refractivity contribution in [1.82, 2.24) is 15.6 Å². The summed E-state index contributed by atoms with van der Waals surface area (Å²) in [6.45, 7) is 0.237. The Morgan fingerprint density at radius 2 is 2.07 bits per heavy atom. The Kier molecular flexibility index (Phi) is 5.24. The van der Waals surface area contributed by atoms with Gasteiger partial charge in [-0.1, -0.05) is 36.9 Å². The zero-order chi connectivity index (χ0) is 18.6. The number of aromatic nitrogens is 2. The number of carbonyl (C=O) groups is 1. The van der Waals surface area contributed by atoms with Crippen molar-refractivity contribution in [1.29, 1.82) is 0 Å². The molecule has 2 aliphatic rings. The second kappa shape index (κ2) is 7.96. The minimum Gasteiger partial charge on any atom is -0.454 e. The van der Waals surface area contributed by atoms with E-state index in [4.69, 9.17) is 19.2 Å². The SMILES string of the molecule is O=C(C[C@@H](CC1CCCC1)c1nc(Cc2ccc3c(c2)OCO3)no1)NO. The summed E-state index contributed by atoms with van der Waals surface area (Å²) in [5.74, 6) is 2.41. The van der Waals surface area contributed by atoms with Gasteiger partial charge in [-0.15, -0.1) is 0 Å². The van der Waals surface area contributed by atoms with Crippen molar-refractivity contribution >= 4 is 5.91 Å². The van der Waals surface area contributed by atoms with Gasteiger partial charge in [0.2, 0.25) is 18.6 Å². The van der Waals surface area contributed by atoms with Crippen molar-refractivity contribution in [2.75, 3.05) is 6.79 Å². The normalized spacial score (nSPS) is 17.2. The van der Waals surface area contributed by atoms with Crippen molar-refractivity contribution in [3.05, 3.63) is 35.5 Å². The van der Waals surface area contributed by atoms with Gasteiger partial charge in [0.25, 0.3) is 0 Å². The lowest BCUT2D eigenvalue weighted by molar-refractivity contribution is -0.129. The molecule has 8 nitrogen and oxygen atoms in total. The molecule has 1 atom stereocenters. The van der Waals surface area contributed by atoms with Crippen LogP contribution in [-0.2, 0) is 11.2 Å². The number of hydroxylamine groups is 1. The van der Waals surface area contributed by atoms with E-state index in [0.29, 0.717) is 24.1 Å². The Bertz CT molecular complexity index is 800. The van der Waals surface area contributed by atoms with Gasteiger partial charge < -0.3 is 14.0 Å². The number of amides is 1. The Labute approximate surface area is 156 Å². The van der Waals surface area contributed by atoms with Gasteiger partial charge in [0.1, 0.15) is 0 Å². The fourth-order valence-electron chi connectivity index (χ4n) is 3.93. The van der Waals surface area contributed by atoms with Gasteiger partial charge in [-0.05, 0) is 30.0 Å². The number of nitrogens with one attached hydrogen (secondary N) is 1. The van der Waals surface area contributed by atoms with Crippen molar-refractivity contribution in [3.8, 4) is 11.5 Å². The number of rotatable bonds is 7. The Hall–Kier alpha value is -2.61. The van der Waals surface area contributed by atoms with Gasteiger partial charge in [0.15, 0.2) is 17.3 Å². The average molecular weight is 373 g/mol. The van der Waals surface area contributed by atoms with Crippen molar-refractivity contribution in [2.45, 2.75) is 50.9 Å². The lowest BCUT2D eigenvalue weighted by atomic mass is 9.90. The van der Waals surface area contributed by atoms with E-state index < -0.39 is 5.91 Å². The highest BCUT2D eigenvalue weighted by Gasteiger charge is 2.27. The third-order valence-electron chi connectivity index (χ3n) is 5.28. The third-order valence-corrected chi connectivity index (χ3v) is 5.28. The molecule has 144 valence electrons. The molecule has 1 aromatic heterocycles. The zero-order valence-corrected chi connectivity index (χ0v) is 15.0. The number of benzene rings is 1. The summed E-state index contributed by atoms with van der Waals surface area (Å²) in [6, 6.07) is 5.72. The fourth-order valence-corrected chi connectivity index (χ4v) is 3.93. The maximum Gasteiger partial charge on any atom is 0.244 e. The molecular formula is C19H23N3O5. The quantitative estimate of drug-likeness (QED) is 0.567. The van der Waals surface area contributed by atoms with Crippen LogP contribution >= 0.6 is 0 Å². The first-order valence-electron chi connectivity index (χ1n) is 9.35. The van der Waals surface area contributed by atoms with Crippen molar-refractivity contribution < 1.29 is 24.0 Å². The number of ether oxygens (including phenoxy) is 2. The highest BCUT2D eigenvalue weighted by Crippen LogP contribution is 2.36. The number of carbonyl (C=O) groups excluding carboxylic acids is 1. The summed E-state index contributed by atoms with van der Waals surface area (Å²) in [6.07, 6.45) is 6.23. The number of hydrogen-bond donors (Lipinski definition) is 2. The van der Waals surface area contributed by atoms with E-state index in [1.165, 1.54) is 12.8 Å². The maximum atomic E-state index is 11.7. The molecule has 1 saturated carbocycles. The molecule has 0 radical (unpaired) electrons. The van der Waals surface area contributed by atoms with Gasteiger partial charge in [0, 0.05) is 18.8 Å². The minimum atomic E-state index is -0.437. The molecule has 1 fully saturated rings. The standard InChI is InChI=1S/C19H23N3O5/c23-18(21-24)10-14(7-12-3-1-2-4-12)19-20-17(22-27-19)9-13-5-6-15-16(8-13)26-11-25-15/h5-6,8,12,14,24H,1-4,7,9-11H2,(H,21,23)/t14-/m1/s1. The van der Waals surface area contributed by atoms with Crippen LogP contribution in [0.4, 0.5) is 0 Å². The Balaban J connectivity index is 1.46. The largest absolute Gasteiger partial charge is 0.454 e. The van der Waals surface area contributed by atoms with Crippen LogP contribution in [0.1, 0.15) is 61.7 Å². The molecular weight excluding hydrogens is 350 g/mol. The van der Waals surface area contributed by atoms with Gasteiger partial charge in [-0.2, -0.15) is 4.98 Å². The molecule has 8 heteroatoms. The molecule has 1 aromatic carbocycles. The molecule has 0 bridgehead atoms. The summed E-state index contributed by atoms with van der Waals surface area (Å²) in [5, 5.41) is 13.0. The van der Waals surface area contributed by atoms with Crippen molar-refractivity contribution in [2.24, 2.45) is 5.92 Å². The minimum absolute atomic E-state index is 0.138. The molecule has 1 aliphatic heterocycles. The number of hydrogen-bond acceptors (Lipinski definition) is 7. The highest BCUT2D eigenvalue weighted by atomic mass is 16.7. The summed E-state index contributed by atoms with van der Waals surface area (Å²) >= 11 is 0. The van der Waals surface area contributed by atoms with Crippen LogP contribution in [0, 0.1) is 5.92 Å². The van der Waals surface area contributed by atoms with E-state index >= 15 is 0 Å². The maximum absolute atomic E-state index is 11.7. The van der Waals surface area contributed by atoms with Crippen LogP contribution in [0.15, 0.2) is 22.7 Å². The smallest absolute Gasteiger partial charge is 0.244 e. The Morgan fingerprint density at radius 1 is 1.26 bits per heavy atom. The highest BCUT2D eigenvalue weighted by molar-refractivity contribution is 5.75. The van der Waals surface area contributed by atoms with Gasteiger partial charge in [0.05, 0.1) is 0 Å². The zero-order valence-electron chi connectivity index (χ0n) is 15.0. The lowest BCUT2D eigenvalue weighted by Gasteiger charge is -2.16. The van der Waals surface area contributed by atoms with Crippen LogP contribution < -0.4 is 15.0 Å². The van der Waals surface area contributed by atoms with E-state index in [0.717, 1.165) is 36.3 Å². The average Bonchev–Trinajstić information content (AvgIpc) is 3.42. The van der Waals surface area contributed by atoms with Crippen LogP contribution in [0.25, 0.3) is 0 Å². The molecule has 0 saturated heterocycles. The predicted octanol–water partition coefficient (Wildman–Crippen LogP) is 2.95. The molecule has 2 N–H and O–H groups in total. The van der Waals surface area contributed by atoms with Crippen molar-refractivity contribution in [3.63, 3.8) is 0 Å². The first kappa shape index (κ1) is 17.8. The van der Waals surface area contributed by atoms with Crippen LogP contribution in [0.5, 0.6) is 11.5 Å². The first-order valence-corrected chi connectivity index (χ1v) is 9.35. The summed E-state index contributed by atoms with van der Waals surface area (Å²) in [7, 11) is 0. The molecule has 1 aliphatic carbocycles. The predicted molar refractivity (Wildman–Crippen MR) is 93.5 cm³/mol. The number of fused-ring (bicyclic) bond motifs is 1. The topological polar surface area (TPSA) is 107 Å². The van der Waals surface area contributed by atoms with Gasteiger partial charge in [-0.25, -0.2) is 5.48 Å². The second-order valence-electron chi connectivity index (χ2n) is 7.24. The van der Waals surface area contributed by atoms with Crippen LogP contribution in [0.2, 0.25) is 0 Å². The second-order valence-corrected chi connectivity index (χ2v) is 7.24. The van der Waals surface area contributed by atoms with E-state index in [2.05, 4.69) is 10.1 Å². The summed E-state index contributed by atoms with van der Waals surface area (Å²) in [4.78, 5) is 16.2. The van der Waals surface area contributed by atoms with Crippen LogP contribution in [0.3, 0.4) is 0 Å². The molecule has 27 heavy (non-hydrogen) atoms. The monoisotopic (exact) mass is 373 g/mol. The first-order chi connectivity index (χ1) is 13.2. The van der Waals surface area contributed by atoms with E-state index in [-0.39, 0.29) is 19.1 Å². The molecule has 2 aromatic rings. The third kappa shape index (κ3) is 4.21. The van der Waals surface area contributed by atoms with E-state index in [1.807, 2.05) is 18.2 Å². The Morgan fingerprint density at radius 3 is 2.89 bits per heavy atom. The number of nitrogens with zero attached hydrogens (tertiary/aromatic N) is 2. The summed E-state index contributed by atoms with van der Waals surface area (Å²) in [5.41, 5.74) is 2.70. The lowest BCUT2D eigenvalue weighted by Crippen LogP contribution is -2.22.